The van der Waals surface area contributed by atoms with Crippen molar-refractivity contribution < 1.29 is 5.11 Å². The van der Waals surface area contributed by atoms with Crippen molar-refractivity contribution in [1.29, 1.82) is 0 Å². The van der Waals surface area contributed by atoms with Crippen molar-refractivity contribution in [2.45, 2.75) is 6.42 Å². The fourth-order valence-corrected chi connectivity index (χ4v) is 3.72. The second-order valence-electron chi connectivity index (χ2n) is 4.10. The van der Waals surface area contributed by atoms with Crippen molar-refractivity contribution in [3.05, 3.63) is 61.9 Å². The lowest BCUT2D eigenvalue weighted by Gasteiger charge is -1.96. The number of aromatic hydroxyl groups is 1. The summed E-state index contributed by atoms with van der Waals surface area (Å²) in [6.45, 7) is 0. The van der Waals surface area contributed by atoms with E-state index >= 15 is 0 Å². The van der Waals surface area contributed by atoms with Crippen LogP contribution in [0.15, 0.2) is 47.3 Å². The molecule has 19 heavy (non-hydrogen) atoms. The maximum Gasteiger partial charge on any atom is 0.307 e. The summed E-state index contributed by atoms with van der Waals surface area (Å²) in [6, 6.07) is 14.3. The summed E-state index contributed by atoms with van der Waals surface area (Å²) in [5, 5.41) is 9.58. The van der Waals surface area contributed by atoms with Crippen molar-refractivity contribution in [1.82, 2.24) is 4.98 Å². The Morgan fingerprint density at radius 3 is 2.53 bits per heavy atom. The Labute approximate surface area is 117 Å². The maximum absolute atomic E-state index is 11.1. The van der Waals surface area contributed by atoms with E-state index in [9.17, 15) is 9.90 Å². The van der Waals surface area contributed by atoms with Crippen molar-refractivity contribution in [3.8, 4) is 16.3 Å². The number of aromatic amines is 1. The number of nitrogens with one attached hydrogen (secondary N) is 1. The lowest BCUT2D eigenvalue weighted by Crippen LogP contribution is -1.89. The van der Waals surface area contributed by atoms with Crippen LogP contribution < -0.4 is 4.87 Å². The van der Waals surface area contributed by atoms with Crippen LogP contribution in [0.4, 0.5) is 0 Å². The topological polar surface area (TPSA) is 53.1 Å². The Morgan fingerprint density at radius 1 is 1.05 bits per heavy atom. The van der Waals surface area contributed by atoms with Crippen molar-refractivity contribution in [2.24, 2.45) is 0 Å². The highest BCUT2D eigenvalue weighted by molar-refractivity contribution is 7.15. The van der Waals surface area contributed by atoms with Gasteiger partial charge in [-0.1, -0.05) is 41.7 Å². The van der Waals surface area contributed by atoms with Crippen molar-refractivity contribution in [3.63, 3.8) is 0 Å². The second kappa shape index (κ2) is 5.03. The highest BCUT2D eigenvalue weighted by atomic mass is 32.1. The first kappa shape index (κ1) is 12.2. The van der Waals surface area contributed by atoms with Gasteiger partial charge in [0.2, 0.25) is 5.88 Å². The molecule has 3 nitrogen and oxygen atoms in total. The molecule has 3 aromatic rings. The van der Waals surface area contributed by atoms with E-state index in [0.29, 0.717) is 11.3 Å². The Balaban J connectivity index is 1.86. The van der Waals surface area contributed by atoms with Gasteiger partial charge in [-0.25, -0.2) is 0 Å². The van der Waals surface area contributed by atoms with Crippen molar-refractivity contribution in [2.75, 3.05) is 0 Å². The van der Waals surface area contributed by atoms with E-state index in [1.165, 1.54) is 10.4 Å². The minimum atomic E-state index is -0.215. The highest BCUT2D eigenvalue weighted by Gasteiger charge is 2.09. The molecule has 0 aliphatic rings. The molecule has 0 aliphatic heterocycles. The van der Waals surface area contributed by atoms with Gasteiger partial charge in [-0.2, -0.15) is 0 Å². The molecule has 2 aromatic heterocycles. The molecule has 0 unspecified atom stereocenters. The fourth-order valence-electron chi connectivity index (χ4n) is 1.86. The van der Waals surface area contributed by atoms with Crippen LogP contribution in [0.2, 0.25) is 0 Å². The Kier molecular flexibility index (Phi) is 3.23. The van der Waals surface area contributed by atoms with Gasteiger partial charge in [0.05, 0.1) is 4.88 Å². The Hall–Kier alpha value is -1.85. The Bertz CT molecular complexity index is 740. The van der Waals surface area contributed by atoms with Crippen LogP contribution in [-0.2, 0) is 6.42 Å². The standard InChI is InChI=1S/C14H11NO2S2/c16-13-12(19-14(17)15-13)8-10-6-7-11(18-10)9-4-2-1-3-5-9/h1-7,16H,8H2,(H,15,17). The van der Waals surface area contributed by atoms with E-state index in [-0.39, 0.29) is 10.8 Å². The molecule has 0 radical (unpaired) electrons. The molecule has 0 saturated carbocycles. The third-order valence-corrected chi connectivity index (χ3v) is 4.76. The number of thiazole rings is 1. The van der Waals surface area contributed by atoms with Gasteiger partial charge in [-0.3, -0.25) is 9.78 Å². The predicted octanol–water partition coefficient (Wildman–Crippen LogP) is 3.46. The molecule has 1 aromatic carbocycles. The molecule has 0 spiro atoms. The lowest BCUT2D eigenvalue weighted by molar-refractivity contribution is 0.451. The minimum absolute atomic E-state index is 0.00957. The molecule has 0 atom stereocenters. The first-order chi connectivity index (χ1) is 9.22. The van der Waals surface area contributed by atoms with Crippen LogP contribution in [0.25, 0.3) is 10.4 Å². The van der Waals surface area contributed by atoms with Crippen LogP contribution in [0.1, 0.15) is 9.75 Å². The summed E-state index contributed by atoms with van der Waals surface area (Å²) in [6.07, 6.45) is 0.590. The number of benzene rings is 1. The highest BCUT2D eigenvalue weighted by Crippen LogP contribution is 2.30. The zero-order chi connectivity index (χ0) is 13.2. The van der Waals surface area contributed by atoms with Gasteiger partial charge in [0, 0.05) is 16.2 Å². The molecule has 2 heterocycles. The monoisotopic (exact) mass is 289 g/mol. The smallest absolute Gasteiger partial charge is 0.307 e. The number of hydrogen-bond acceptors (Lipinski definition) is 4. The predicted molar refractivity (Wildman–Crippen MR) is 79.2 cm³/mol. The average Bonchev–Trinajstić information content (AvgIpc) is 2.99. The van der Waals surface area contributed by atoms with E-state index in [1.807, 2.05) is 24.3 Å². The maximum atomic E-state index is 11.1. The minimum Gasteiger partial charge on any atom is -0.494 e. The van der Waals surface area contributed by atoms with Gasteiger partial charge >= 0.3 is 4.87 Å². The van der Waals surface area contributed by atoms with E-state index < -0.39 is 0 Å². The zero-order valence-electron chi connectivity index (χ0n) is 9.92. The fraction of sp³-hybridized carbons (Fsp3) is 0.0714. The first-order valence-corrected chi connectivity index (χ1v) is 7.41. The first-order valence-electron chi connectivity index (χ1n) is 5.77. The SMILES string of the molecule is O=c1[nH]c(O)c(Cc2ccc(-c3ccccc3)s2)s1. The normalized spacial score (nSPS) is 10.7. The van der Waals surface area contributed by atoms with Crippen molar-refractivity contribution >= 4 is 22.7 Å². The largest absolute Gasteiger partial charge is 0.494 e. The van der Waals surface area contributed by atoms with Crippen LogP contribution in [0, 0.1) is 0 Å². The number of hydrogen-bond donors (Lipinski definition) is 2. The molecule has 5 heteroatoms. The molecule has 0 aliphatic carbocycles. The third kappa shape index (κ3) is 2.62. The van der Waals surface area contributed by atoms with Crippen LogP contribution in [-0.4, -0.2) is 10.1 Å². The van der Waals surface area contributed by atoms with E-state index in [2.05, 4.69) is 23.2 Å². The van der Waals surface area contributed by atoms with Gasteiger partial charge in [-0.05, 0) is 17.7 Å². The summed E-state index contributed by atoms with van der Waals surface area (Å²) >= 11 is 2.74. The lowest BCUT2D eigenvalue weighted by atomic mass is 10.2. The van der Waals surface area contributed by atoms with Gasteiger partial charge in [0.1, 0.15) is 0 Å². The molecular weight excluding hydrogens is 278 g/mol. The summed E-state index contributed by atoms with van der Waals surface area (Å²) in [5.41, 5.74) is 1.19. The quantitative estimate of drug-likeness (QED) is 0.776. The molecule has 0 fully saturated rings. The molecule has 0 amide bonds. The van der Waals surface area contributed by atoms with Crippen LogP contribution in [0.5, 0.6) is 5.88 Å². The van der Waals surface area contributed by atoms with E-state index in [4.69, 9.17) is 0 Å². The van der Waals surface area contributed by atoms with Gasteiger partial charge in [0.25, 0.3) is 0 Å². The number of rotatable bonds is 3. The summed E-state index contributed by atoms with van der Waals surface area (Å²) in [4.78, 5) is 16.3. The molecule has 3 rings (SSSR count). The second-order valence-corrected chi connectivity index (χ2v) is 6.33. The Morgan fingerprint density at radius 2 is 1.84 bits per heavy atom. The molecule has 96 valence electrons. The van der Waals surface area contributed by atoms with Crippen LogP contribution in [0.3, 0.4) is 0 Å². The summed E-state index contributed by atoms with van der Waals surface area (Å²) in [5.74, 6) is -0.00957. The molecule has 2 N–H and O–H groups in total. The summed E-state index contributed by atoms with van der Waals surface area (Å²) < 4.78 is 0. The van der Waals surface area contributed by atoms with Crippen LogP contribution >= 0.6 is 22.7 Å². The average molecular weight is 289 g/mol. The molecule has 0 saturated heterocycles. The van der Waals surface area contributed by atoms with Gasteiger partial charge < -0.3 is 5.11 Å². The van der Waals surface area contributed by atoms with E-state index in [1.54, 1.807) is 11.3 Å². The van der Waals surface area contributed by atoms with E-state index in [0.717, 1.165) is 16.2 Å². The number of aromatic nitrogens is 1. The third-order valence-electron chi connectivity index (χ3n) is 2.76. The zero-order valence-corrected chi connectivity index (χ0v) is 11.6. The molecular formula is C14H11NO2S2. The molecule has 0 bridgehead atoms. The van der Waals surface area contributed by atoms with Gasteiger partial charge in [-0.15, -0.1) is 11.3 Å². The number of H-pyrrole nitrogens is 1. The number of thiophene rings is 1. The summed E-state index contributed by atoms with van der Waals surface area (Å²) in [7, 11) is 0. The van der Waals surface area contributed by atoms with Gasteiger partial charge in [0.15, 0.2) is 0 Å².